The first-order valence-corrected chi connectivity index (χ1v) is 3.55. The Kier molecular flexibility index (Phi) is 1.55. The van der Waals surface area contributed by atoms with Crippen LogP contribution in [-0.2, 0) is 4.84 Å². The number of aromatic nitrogens is 1. The molecule has 0 spiro atoms. The van der Waals surface area contributed by atoms with Crippen molar-refractivity contribution in [3.05, 3.63) is 30.1 Å². The fraction of sp³-hybridized carbons (Fsp3) is 0.250. The minimum Gasteiger partial charge on any atom is -0.386 e. The highest BCUT2D eigenvalue weighted by molar-refractivity contribution is 5.58. The molecule has 0 amide bonds. The second-order valence-electron chi connectivity index (χ2n) is 2.37. The molecule has 2 rings (SSSR count). The van der Waals surface area contributed by atoms with Gasteiger partial charge in [0, 0.05) is 18.8 Å². The molecule has 0 aliphatic carbocycles. The van der Waals surface area contributed by atoms with Gasteiger partial charge in [-0.1, -0.05) is 11.2 Å². The van der Waals surface area contributed by atoms with Crippen LogP contribution in [0.15, 0.2) is 29.6 Å². The highest BCUT2D eigenvalue weighted by atomic mass is 16.6. The maximum atomic E-state index is 5.05. The van der Waals surface area contributed by atoms with Gasteiger partial charge in [0.1, 0.15) is 0 Å². The second kappa shape index (κ2) is 2.70. The fourth-order valence-corrected chi connectivity index (χ4v) is 1.04. The highest BCUT2D eigenvalue weighted by Crippen LogP contribution is 2.21. The van der Waals surface area contributed by atoms with Crippen molar-refractivity contribution in [2.75, 3.05) is 0 Å². The van der Waals surface area contributed by atoms with Crippen LogP contribution in [0.25, 0.3) is 0 Å². The molecule has 0 N–H and O–H groups in total. The maximum Gasteiger partial charge on any atom is 0.174 e. The number of nitrogens with zero attached hydrogens (tertiary/aromatic N) is 2. The van der Waals surface area contributed by atoms with Crippen molar-refractivity contribution in [2.45, 2.75) is 12.5 Å². The van der Waals surface area contributed by atoms with Crippen LogP contribution in [0.4, 0.5) is 0 Å². The third-order valence-electron chi connectivity index (χ3n) is 1.60. The number of hydrogen-bond donors (Lipinski definition) is 0. The molecule has 3 heteroatoms. The molecule has 0 saturated heterocycles. The van der Waals surface area contributed by atoms with Gasteiger partial charge in [-0.15, -0.1) is 0 Å². The first-order chi connectivity index (χ1) is 5.47. The molecule has 1 aromatic heterocycles. The Hall–Kier alpha value is -1.38. The van der Waals surface area contributed by atoms with Gasteiger partial charge in [0.25, 0.3) is 0 Å². The summed E-state index contributed by atoms with van der Waals surface area (Å²) >= 11 is 0. The Morgan fingerprint density at radius 3 is 3.09 bits per heavy atom. The number of rotatable bonds is 1. The molecule has 0 aromatic carbocycles. The summed E-state index contributed by atoms with van der Waals surface area (Å²) < 4.78 is 0. The lowest BCUT2D eigenvalue weighted by molar-refractivity contribution is 0.0826. The summed E-state index contributed by atoms with van der Waals surface area (Å²) in [7, 11) is 0. The van der Waals surface area contributed by atoms with Gasteiger partial charge in [-0.2, -0.15) is 0 Å². The van der Waals surface area contributed by atoms with Crippen LogP contribution in [0.2, 0.25) is 0 Å². The van der Waals surface area contributed by atoms with Gasteiger partial charge in [-0.05, 0) is 12.1 Å². The summed E-state index contributed by atoms with van der Waals surface area (Å²) in [5.74, 6) is 0. The molecule has 2 heterocycles. The van der Waals surface area contributed by atoms with E-state index >= 15 is 0 Å². The van der Waals surface area contributed by atoms with E-state index in [9.17, 15) is 0 Å². The Labute approximate surface area is 64.7 Å². The van der Waals surface area contributed by atoms with Crippen molar-refractivity contribution in [2.24, 2.45) is 5.16 Å². The summed E-state index contributed by atoms with van der Waals surface area (Å²) in [5, 5.41) is 3.68. The normalized spacial score (nSPS) is 21.6. The predicted molar refractivity (Wildman–Crippen MR) is 41.2 cm³/mol. The number of hydrogen-bond acceptors (Lipinski definition) is 3. The van der Waals surface area contributed by atoms with Gasteiger partial charge in [0.2, 0.25) is 0 Å². The van der Waals surface area contributed by atoms with Crippen LogP contribution < -0.4 is 0 Å². The summed E-state index contributed by atoms with van der Waals surface area (Å²) in [5.41, 5.74) is 0.949. The van der Waals surface area contributed by atoms with E-state index in [0.717, 1.165) is 12.1 Å². The lowest BCUT2D eigenvalue weighted by Gasteiger charge is -2.05. The van der Waals surface area contributed by atoms with Crippen LogP contribution in [0, 0.1) is 0 Å². The molecule has 11 heavy (non-hydrogen) atoms. The molecular formula is C8H8N2O. The molecule has 3 nitrogen and oxygen atoms in total. The van der Waals surface area contributed by atoms with E-state index in [0.29, 0.717) is 0 Å². The number of pyridine rings is 1. The molecule has 56 valence electrons. The van der Waals surface area contributed by atoms with Gasteiger partial charge >= 0.3 is 0 Å². The Morgan fingerprint density at radius 1 is 1.45 bits per heavy atom. The van der Waals surface area contributed by atoms with Gasteiger partial charge in [0.15, 0.2) is 6.10 Å². The molecule has 0 unspecified atom stereocenters. The molecule has 1 atom stereocenters. The first-order valence-electron chi connectivity index (χ1n) is 3.55. The highest BCUT2D eigenvalue weighted by Gasteiger charge is 2.15. The minimum absolute atomic E-state index is 0.0381. The molecule has 0 radical (unpaired) electrons. The van der Waals surface area contributed by atoms with Crippen LogP contribution in [0.3, 0.4) is 0 Å². The predicted octanol–water partition coefficient (Wildman–Crippen LogP) is 1.53. The van der Waals surface area contributed by atoms with Crippen molar-refractivity contribution in [3.8, 4) is 0 Å². The monoisotopic (exact) mass is 148 g/mol. The van der Waals surface area contributed by atoms with E-state index < -0.39 is 0 Å². The maximum absolute atomic E-state index is 5.05. The molecule has 1 aliphatic rings. The van der Waals surface area contributed by atoms with E-state index in [4.69, 9.17) is 4.84 Å². The van der Waals surface area contributed by atoms with E-state index in [-0.39, 0.29) is 6.10 Å². The third kappa shape index (κ3) is 1.22. The van der Waals surface area contributed by atoms with Crippen molar-refractivity contribution >= 4 is 6.21 Å². The Morgan fingerprint density at radius 2 is 2.45 bits per heavy atom. The van der Waals surface area contributed by atoms with Crippen molar-refractivity contribution in [1.29, 1.82) is 0 Å². The minimum atomic E-state index is 0.0381. The summed E-state index contributed by atoms with van der Waals surface area (Å²) in [6.07, 6.45) is 4.39. The molecule has 1 aliphatic heterocycles. The quantitative estimate of drug-likeness (QED) is 0.605. The summed E-state index contributed by atoms with van der Waals surface area (Å²) in [4.78, 5) is 9.20. The van der Waals surface area contributed by atoms with Crippen molar-refractivity contribution in [1.82, 2.24) is 4.98 Å². The lowest BCUT2D eigenvalue weighted by atomic mass is 10.2. The largest absolute Gasteiger partial charge is 0.386 e. The average Bonchev–Trinajstić information content (AvgIpc) is 2.58. The van der Waals surface area contributed by atoms with E-state index in [1.807, 2.05) is 18.2 Å². The molecule has 0 fully saturated rings. The van der Waals surface area contributed by atoms with Crippen LogP contribution in [0.1, 0.15) is 18.2 Å². The van der Waals surface area contributed by atoms with E-state index in [2.05, 4.69) is 10.1 Å². The smallest absolute Gasteiger partial charge is 0.174 e. The fourth-order valence-electron chi connectivity index (χ4n) is 1.04. The average molecular weight is 148 g/mol. The van der Waals surface area contributed by atoms with Gasteiger partial charge in [-0.3, -0.25) is 4.98 Å². The molecular weight excluding hydrogens is 140 g/mol. The third-order valence-corrected chi connectivity index (χ3v) is 1.60. The van der Waals surface area contributed by atoms with Crippen LogP contribution >= 0.6 is 0 Å². The van der Waals surface area contributed by atoms with Crippen molar-refractivity contribution < 1.29 is 4.84 Å². The Bertz CT molecular complexity index is 250. The van der Waals surface area contributed by atoms with Gasteiger partial charge in [-0.25, -0.2) is 0 Å². The lowest BCUT2D eigenvalue weighted by Crippen LogP contribution is -1.97. The van der Waals surface area contributed by atoms with Crippen LogP contribution in [0.5, 0.6) is 0 Å². The first kappa shape index (κ1) is 6.34. The zero-order valence-corrected chi connectivity index (χ0v) is 5.97. The summed E-state index contributed by atoms with van der Waals surface area (Å²) in [6, 6.07) is 5.78. The SMILES string of the molecule is C1=NO[C@@H](c2ccccn2)C1. The van der Waals surface area contributed by atoms with E-state index in [1.165, 1.54) is 0 Å². The van der Waals surface area contributed by atoms with Crippen LogP contribution in [-0.4, -0.2) is 11.2 Å². The molecule has 1 aromatic rings. The number of oxime groups is 1. The zero-order chi connectivity index (χ0) is 7.52. The van der Waals surface area contributed by atoms with E-state index in [1.54, 1.807) is 12.4 Å². The molecule has 0 saturated carbocycles. The Balaban J connectivity index is 2.17. The zero-order valence-electron chi connectivity index (χ0n) is 5.97. The second-order valence-corrected chi connectivity index (χ2v) is 2.37. The summed E-state index contributed by atoms with van der Waals surface area (Å²) in [6.45, 7) is 0. The molecule has 0 bridgehead atoms. The van der Waals surface area contributed by atoms with Gasteiger partial charge < -0.3 is 4.84 Å². The van der Waals surface area contributed by atoms with Gasteiger partial charge in [0.05, 0.1) is 5.69 Å². The standard InChI is InChI=1S/C8H8N2O/c1-2-5-9-7(3-1)8-4-6-10-11-8/h1-3,5-6,8H,4H2/t8-/m1/s1. The van der Waals surface area contributed by atoms with Crippen molar-refractivity contribution in [3.63, 3.8) is 0 Å². The topological polar surface area (TPSA) is 34.5 Å².